The van der Waals surface area contributed by atoms with Crippen molar-refractivity contribution in [2.45, 2.75) is 38.8 Å². The summed E-state index contributed by atoms with van der Waals surface area (Å²) in [5.41, 5.74) is 1.53. The quantitative estimate of drug-likeness (QED) is 0.714. The Bertz CT molecular complexity index is 1080. The molecule has 3 heterocycles. The number of aromatic amines is 1. The van der Waals surface area contributed by atoms with E-state index in [4.69, 9.17) is 26.4 Å². The summed E-state index contributed by atoms with van der Waals surface area (Å²) in [5.74, 6) is 1.33. The number of H-pyrrole nitrogens is 1. The maximum Gasteiger partial charge on any atom is 0.260 e. The molecule has 1 unspecified atom stereocenters. The van der Waals surface area contributed by atoms with Crippen LogP contribution >= 0.6 is 12.2 Å². The van der Waals surface area contributed by atoms with E-state index < -0.39 is 11.6 Å². The normalized spacial score (nSPS) is 21.0. The molecule has 9 heteroatoms. The summed E-state index contributed by atoms with van der Waals surface area (Å²) in [6, 6.07) is 1.32. The van der Waals surface area contributed by atoms with E-state index in [1.165, 1.54) is 4.57 Å². The molecule has 0 radical (unpaired) electrons. The maximum atomic E-state index is 13.5. The Morgan fingerprint density at radius 2 is 2.21 bits per heavy atom. The van der Waals surface area contributed by atoms with Crippen molar-refractivity contribution in [2.24, 2.45) is 0 Å². The Balaban J connectivity index is 2.01. The average Bonchev–Trinajstić information content (AvgIpc) is 3.15. The van der Waals surface area contributed by atoms with Crippen LogP contribution in [0, 0.1) is 4.77 Å². The van der Waals surface area contributed by atoms with Crippen LogP contribution in [0.1, 0.15) is 49.0 Å². The highest BCUT2D eigenvalue weighted by atomic mass is 32.1. The lowest BCUT2D eigenvalue weighted by Crippen LogP contribution is -3.10. The molecule has 0 fully saturated rings. The second-order valence-corrected chi connectivity index (χ2v) is 7.99. The van der Waals surface area contributed by atoms with Crippen molar-refractivity contribution in [2.75, 3.05) is 27.5 Å². The van der Waals surface area contributed by atoms with Crippen molar-refractivity contribution in [3.63, 3.8) is 0 Å². The van der Waals surface area contributed by atoms with Gasteiger partial charge < -0.3 is 28.8 Å². The van der Waals surface area contributed by atoms with E-state index in [0.717, 1.165) is 35.4 Å². The van der Waals surface area contributed by atoms with Gasteiger partial charge in [-0.2, -0.15) is 0 Å². The van der Waals surface area contributed by atoms with Gasteiger partial charge in [-0.3, -0.25) is 9.78 Å². The van der Waals surface area contributed by atoms with Gasteiger partial charge >= 0.3 is 0 Å². The first kappa shape index (κ1) is 19.8. The molecule has 4 rings (SSSR count). The van der Waals surface area contributed by atoms with E-state index >= 15 is 0 Å². The molecule has 156 valence electrons. The third-order valence-corrected chi connectivity index (χ3v) is 6.27. The monoisotopic (exact) mass is 419 g/mol. The highest BCUT2D eigenvalue weighted by Crippen LogP contribution is 2.48. The number of nitrogens with zero attached hydrogens (tertiary/aromatic N) is 1. The van der Waals surface area contributed by atoms with Crippen LogP contribution in [0.25, 0.3) is 0 Å². The van der Waals surface area contributed by atoms with Crippen LogP contribution in [0.4, 0.5) is 0 Å². The Labute approximate surface area is 173 Å². The number of likely N-dealkylation sites (N-methyl/N-ethyl adjacent to an activating group) is 1. The third-order valence-electron chi connectivity index (χ3n) is 5.97. The van der Waals surface area contributed by atoms with Crippen molar-refractivity contribution >= 4 is 12.2 Å². The number of ether oxygens (including phenoxy) is 3. The van der Waals surface area contributed by atoms with E-state index in [2.05, 4.69) is 4.98 Å². The van der Waals surface area contributed by atoms with E-state index in [-0.39, 0.29) is 29.0 Å². The molecule has 2 aliphatic heterocycles. The number of quaternary nitrogens is 1. The van der Waals surface area contributed by atoms with Crippen molar-refractivity contribution in [1.82, 2.24) is 9.55 Å². The molecule has 0 saturated heterocycles. The second kappa shape index (κ2) is 7.38. The molecule has 8 nitrogen and oxygen atoms in total. The minimum absolute atomic E-state index is 0.118. The van der Waals surface area contributed by atoms with Crippen LogP contribution in [-0.4, -0.2) is 37.0 Å². The molecule has 2 aromatic rings. The van der Waals surface area contributed by atoms with Crippen molar-refractivity contribution in [1.29, 1.82) is 0 Å². The Kier molecular flexibility index (Phi) is 5.04. The van der Waals surface area contributed by atoms with E-state index in [1.54, 1.807) is 7.11 Å². The van der Waals surface area contributed by atoms with E-state index in [0.29, 0.717) is 17.2 Å². The molecule has 0 aliphatic carbocycles. The van der Waals surface area contributed by atoms with Crippen molar-refractivity contribution < 1.29 is 24.2 Å². The molecular formula is C20H25N3O5S. The van der Waals surface area contributed by atoms with Gasteiger partial charge in [0.05, 0.1) is 31.8 Å². The SMILES string of the molecule is CC[C@@H](C)n1c([O-])c([C@@H]2c3c(cc4c(c3OC)OCO4)CC[NH+]2C)c(=O)[nH]c1=S. The van der Waals surface area contributed by atoms with Gasteiger partial charge in [0.15, 0.2) is 16.3 Å². The molecule has 0 amide bonds. The van der Waals surface area contributed by atoms with Gasteiger partial charge in [-0.25, -0.2) is 0 Å². The predicted octanol–water partition coefficient (Wildman–Crippen LogP) is 0.848. The first-order valence-electron chi connectivity index (χ1n) is 9.76. The molecular weight excluding hydrogens is 394 g/mol. The van der Waals surface area contributed by atoms with Crippen LogP contribution in [-0.2, 0) is 6.42 Å². The zero-order valence-electron chi connectivity index (χ0n) is 17.0. The zero-order valence-corrected chi connectivity index (χ0v) is 17.8. The number of benzene rings is 1. The molecule has 2 N–H and O–H groups in total. The number of aromatic nitrogens is 2. The van der Waals surface area contributed by atoms with Crippen LogP contribution < -0.4 is 29.8 Å². The fraction of sp³-hybridized carbons (Fsp3) is 0.500. The first-order valence-corrected chi connectivity index (χ1v) is 10.2. The summed E-state index contributed by atoms with van der Waals surface area (Å²) >= 11 is 5.29. The highest BCUT2D eigenvalue weighted by molar-refractivity contribution is 7.71. The largest absolute Gasteiger partial charge is 0.859 e. The number of fused-ring (bicyclic) bond motifs is 2. The Morgan fingerprint density at radius 3 is 2.90 bits per heavy atom. The first-order chi connectivity index (χ1) is 13.9. The summed E-state index contributed by atoms with van der Waals surface area (Å²) in [4.78, 5) is 16.7. The van der Waals surface area contributed by atoms with Crippen LogP contribution in [0.3, 0.4) is 0 Å². The number of methoxy groups -OCH3 is 1. The summed E-state index contributed by atoms with van der Waals surface area (Å²) in [7, 11) is 3.54. The fourth-order valence-corrected chi connectivity index (χ4v) is 4.65. The van der Waals surface area contributed by atoms with E-state index in [9.17, 15) is 9.90 Å². The summed E-state index contributed by atoms with van der Waals surface area (Å²) < 4.78 is 18.5. The van der Waals surface area contributed by atoms with Gasteiger partial charge in [0.1, 0.15) is 6.04 Å². The van der Waals surface area contributed by atoms with Gasteiger partial charge in [0.25, 0.3) is 5.56 Å². The Morgan fingerprint density at radius 1 is 1.45 bits per heavy atom. The lowest BCUT2D eigenvalue weighted by Gasteiger charge is -2.35. The Hall–Kier alpha value is -2.52. The summed E-state index contributed by atoms with van der Waals surface area (Å²) in [5, 5.41) is 13.5. The second-order valence-electron chi connectivity index (χ2n) is 7.60. The minimum atomic E-state index is -0.495. The van der Waals surface area contributed by atoms with Gasteiger partial charge in [0, 0.05) is 12.5 Å². The van der Waals surface area contributed by atoms with Gasteiger partial charge in [-0.1, -0.05) is 6.92 Å². The van der Waals surface area contributed by atoms with Gasteiger partial charge in [-0.15, -0.1) is 0 Å². The number of hydrogen-bond acceptors (Lipinski definition) is 6. The van der Waals surface area contributed by atoms with E-state index in [1.807, 2.05) is 27.0 Å². The topological polar surface area (TPSA) is 93.0 Å². The van der Waals surface area contributed by atoms with Crippen LogP contribution in [0.2, 0.25) is 0 Å². The van der Waals surface area contributed by atoms with Gasteiger partial charge in [0.2, 0.25) is 12.5 Å². The predicted molar refractivity (Wildman–Crippen MR) is 107 cm³/mol. The minimum Gasteiger partial charge on any atom is -0.859 e. The highest BCUT2D eigenvalue weighted by Gasteiger charge is 2.39. The average molecular weight is 420 g/mol. The smallest absolute Gasteiger partial charge is 0.260 e. The van der Waals surface area contributed by atoms with Crippen molar-refractivity contribution in [3.8, 4) is 23.1 Å². The zero-order chi connectivity index (χ0) is 20.9. The summed E-state index contributed by atoms with van der Waals surface area (Å²) in [6.07, 6.45) is 1.50. The molecule has 1 aromatic carbocycles. The molecule has 0 bridgehead atoms. The number of nitrogens with one attached hydrogen (secondary N) is 2. The lowest BCUT2D eigenvalue weighted by molar-refractivity contribution is -0.908. The third kappa shape index (κ3) is 3.00. The van der Waals surface area contributed by atoms with Crippen LogP contribution in [0.5, 0.6) is 23.1 Å². The maximum absolute atomic E-state index is 13.5. The molecule has 0 spiro atoms. The molecule has 0 saturated carbocycles. The number of hydrogen-bond donors (Lipinski definition) is 2. The van der Waals surface area contributed by atoms with Crippen molar-refractivity contribution in [3.05, 3.63) is 37.9 Å². The fourth-order valence-electron chi connectivity index (χ4n) is 4.30. The summed E-state index contributed by atoms with van der Waals surface area (Å²) in [6.45, 7) is 4.78. The molecule has 2 aliphatic rings. The van der Waals surface area contributed by atoms with Crippen LogP contribution in [0.15, 0.2) is 10.9 Å². The standard InChI is InChI=1S/C20H25N3O5S/c1-5-10(2)23-19(25)14(18(24)21-20(23)29)15-13-11(6-7-22(15)3)8-12-16(17(13)26-4)28-9-27-12/h8,10,15,25H,5-7,9H2,1-4H3,(H,21,24,29)/t10-,15+/m1/s1. The molecule has 3 atom stereocenters. The number of rotatable bonds is 4. The molecule has 29 heavy (non-hydrogen) atoms. The molecule has 1 aromatic heterocycles. The van der Waals surface area contributed by atoms with Gasteiger partial charge in [-0.05, 0) is 43.1 Å². The lowest BCUT2D eigenvalue weighted by atomic mass is 9.87.